The summed E-state index contributed by atoms with van der Waals surface area (Å²) in [4.78, 5) is 10.8. The third kappa shape index (κ3) is 1.85. The summed E-state index contributed by atoms with van der Waals surface area (Å²) in [6.45, 7) is 4.26. The van der Waals surface area contributed by atoms with Crippen LogP contribution in [-0.4, -0.2) is 15.6 Å². The lowest BCUT2D eigenvalue weighted by molar-refractivity contribution is -0.116. The van der Waals surface area contributed by atoms with Crippen molar-refractivity contribution in [3.05, 3.63) is 16.9 Å². The molecule has 0 aliphatic heterocycles. The number of Topliss-reactive ketones (excluding diaryl/α,β-unsaturated/α-hetero) is 1. The first-order valence-electron chi connectivity index (χ1n) is 3.84. The molecule has 0 spiro atoms. The lowest BCUT2D eigenvalue weighted by Crippen LogP contribution is -2.06. The van der Waals surface area contributed by atoms with Gasteiger partial charge in [-0.05, 0) is 13.8 Å². The van der Waals surface area contributed by atoms with Gasteiger partial charge in [0.15, 0.2) is 0 Å². The van der Waals surface area contributed by atoms with Crippen molar-refractivity contribution >= 4 is 17.4 Å². The quantitative estimate of drug-likeness (QED) is 0.720. The van der Waals surface area contributed by atoms with Gasteiger partial charge in [0, 0.05) is 13.0 Å². The summed E-state index contributed by atoms with van der Waals surface area (Å²) in [6, 6.07) is 0. The van der Waals surface area contributed by atoms with E-state index in [1.54, 1.807) is 17.8 Å². The van der Waals surface area contributed by atoms with Crippen molar-refractivity contribution in [2.45, 2.75) is 26.8 Å². The van der Waals surface area contributed by atoms with Crippen LogP contribution in [0.2, 0.25) is 5.02 Å². The fraction of sp³-hybridized carbons (Fsp3) is 0.500. The SMILES string of the molecule is CCn1ncc(Cl)c1CC(C)=O. The molecule has 0 bridgehead atoms. The van der Waals surface area contributed by atoms with Crippen molar-refractivity contribution in [1.82, 2.24) is 9.78 Å². The molecule has 0 aromatic carbocycles. The normalized spacial score (nSPS) is 10.2. The molecular weight excluding hydrogens is 176 g/mol. The molecule has 0 aliphatic carbocycles. The van der Waals surface area contributed by atoms with Crippen molar-refractivity contribution in [2.24, 2.45) is 0 Å². The summed E-state index contributed by atoms with van der Waals surface area (Å²) >= 11 is 5.83. The molecule has 12 heavy (non-hydrogen) atoms. The van der Waals surface area contributed by atoms with Gasteiger partial charge in [-0.1, -0.05) is 11.6 Å². The number of hydrogen-bond donors (Lipinski definition) is 0. The van der Waals surface area contributed by atoms with Gasteiger partial charge in [0.2, 0.25) is 0 Å². The molecule has 3 nitrogen and oxygen atoms in total. The van der Waals surface area contributed by atoms with Gasteiger partial charge in [0.05, 0.1) is 16.9 Å². The number of aromatic nitrogens is 2. The number of rotatable bonds is 3. The monoisotopic (exact) mass is 186 g/mol. The van der Waals surface area contributed by atoms with Crippen LogP contribution in [0.15, 0.2) is 6.20 Å². The number of hydrogen-bond acceptors (Lipinski definition) is 2. The number of carbonyl (C=O) groups is 1. The Morgan fingerprint density at radius 3 is 2.92 bits per heavy atom. The van der Waals surface area contributed by atoms with Crippen LogP contribution >= 0.6 is 11.6 Å². The summed E-state index contributed by atoms with van der Waals surface area (Å²) in [5.74, 6) is 0.104. The van der Waals surface area contributed by atoms with Crippen molar-refractivity contribution in [2.75, 3.05) is 0 Å². The minimum absolute atomic E-state index is 0.104. The van der Waals surface area contributed by atoms with E-state index in [1.807, 2.05) is 6.92 Å². The molecule has 0 unspecified atom stereocenters. The zero-order chi connectivity index (χ0) is 9.14. The van der Waals surface area contributed by atoms with Crippen LogP contribution in [0.1, 0.15) is 19.5 Å². The molecule has 1 heterocycles. The third-order valence-corrected chi connectivity index (χ3v) is 1.93. The zero-order valence-corrected chi connectivity index (χ0v) is 7.93. The van der Waals surface area contributed by atoms with Crippen LogP contribution in [0, 0.1) is 0 Å². The van der Waals surface area contributed by atoms with E-state index in [2.05, 4.69) is 5.10 Å². The largest absolute Gasteiger partial charge is 0.300 e. The molecular formula is C8H11ClN2O. The number of carbonyl (C=O) groups excluding carboxylic acids is 1. The van der Waals surface area contributed by atoms with E-state index in [9.17, 15) is 4.79 Å². The second-order valence-corrected chi connectivity index (χ2v) is 3.04. The molecule has 0 radical (unpaired) electrons. The van der Waals surface area contributed by atoms with Crippen LogP contribution in [-0.2, 0) is 17.8 Å². The summed E-state index contributed by atoms with van der Waals surface area (Å²) in [5, 5.41) is 4.60. The smallest absolute Gasteiger partial charge is 0.135 e. The third-order valence-electron chi connectivity index (χ3n) is 1.61. The van der Waals surface area contributed by atoms with E-state index >= 15 is 0 Å². The van der Waals surface area contributed by atoms with Crippen molar-refractivity contribution in [3.63, 3.8) is 0 Å². The Balaban J connectivity index is 2.94. The molecule has 0 atom stereocenters. The van der Waals surface area contributed by atoms with Gasteiger partial charge in [-0.2, -0.15) is 5.10 Å². The highest BCUT2D eigenvalue weighted by Crippen LogP contribution is 2.15. The average Bonchev–Trinajstić information content (AvgIpc) is 2.32. The lowest BCUT2D eigenvalue weighted by atomic mass is 10.2. The molecule has 0 saturated carbocycles. The van der Waals surface area contributed by atoms with Gasteiger partial charge in [-0.25, -0.2) is 0 Å². The van der Waals surface area contributed by atoms with Gasteiger partial charge in [-0.15, -0.1) is 0 Å². The Morgan fingerprint density at radius 2 is 2.42 bits per heavy atom. The lowest BCUT2D eigenvalue weighted by Gasteiger charge is -2.01. The Kier molecular flexibility index (Phi) is 2.87. The average molecular weight is 187 g/mol. The number of ketones is 1. The standard InChI is InChI=1S/C8H11ClN2O/c1-3-11-8(4-6(2)12)7(9)5-10-11/h5H,3-4H2,1-2H3. The van der Waals surface area contributed by atoms with E-state index in [1.165, 1.54) is 0 Å². The van der Waals surface area contributed by atoms with E-state index in [-0.39, 0.29) is 5.78 Å². The molecule has 0 amide bonds. The highest BCUT2D eigenvalue weighted by molar-refractivity contribution is 6.31. The Labute approximate surface area is 76.3 Å². The maximum atomic E-state index is 10.8. The Hall–Kier alpha value is -0.830. The van der Waals surface area contributed by atoms with Crippen molar-refractivity contribution in [3.8, 4) is 0 Å². The fourth-order valence-corrected chi connectivity index (χ4v) is 1.28. The second-order valence-electron chi connectivity index (χ2n) is 2.63. The minimum atomic E-state index is 0.104. The van der Waals surface area contributed by atoms with Gasteiger partial charge in [-0.3, -0.25) is 9.48 Å². The summed E-state index contributed by atoms with van der Waals surface area (Å²) < 4.78 is 1.74. The predicted octanol–water partition coefficient (Wildman–Crippen LogP) is 1.69. The first-order chi connectivity index (χ1) is 5.65. The molecule has 1 rings (SSSR count). The van der Waals surface area contributed by atoms with E-state index in [4.69, 9.17) is 11.6 Å². The Morgan fingerprint density at radius 1 is 1.75 bits per heavy atom. The van der Waals surface area contributed by atoms with Crippen molar-refractivity contribution < 1.29 is 4.79 Å². The molecule has 66 valence electrons. The summed E-state index contributed by atoms with van der Waals surface area (Å²) in [7, 11) is 0. The molecule has 0 N–H and O–H groups in total. The fourth-order valence-electron chi connectivity index (χ4n) is 1.07. The highest BCUT2D eigenvalue weighted by atomic mass is 35.5. The molecule has 4 heteroatoms. The van der Waals surface area contributed by atoms with E-state index < -0.39 is 0 Å². The molecule has 0 saturated heterocycles. The number of halogens is 1. The van der Waals surface area contributed by atoms with Gasteiger partial charge < -0.3 is 0 Å². The predicted molar refractivity (Wildman–Crippen MR) is 47.3 cm³/mol. The highest BCUT2D eigenvalue weighted by Gasteiger charge is 2.09. The maximum absolute atomic E-state index is 10.8. The van der Waals surface area contributed by atoms with Crippen LogP contribution in [0.4, 0.5) is 0 Å². The second kappa shape index (κ2) is 3.72. The van der Waals surface area contributed by atoms with E-state index in [0.29, 0.717) is 11.4 Å². The van der Waals surface area contributed by atoms with Gasteiger partial charge in [0.25, 0.3) is 0 Å². The van der Waals surface area contributed by atoms with Crippen LogP contribution in [0.3, 0.4) is 0 Å². The first-order valence-corrected chi connectivity index (χ1v) is 4.22. The minimum Gasteiger partial charge on any atom is -0.300 e. The first kappa shape index (κ1) is 9.26. The number of aryl methyl sites for hydroxylation is 1. The summed E-state index contributed by atoms with van der Waals surface area (Å²) in [5.41, 5.74) is 0.812. The van der Waals surface area contributed by atoms with E-state index in [0.717, 1.165) is 12.2 Å². The number of nitrogens with zero attached hydrogens (tertiary/aromatic N) is 2. The van der Waals surface area contributed by atoms with Gasteiger partial charge >= 0.3 is 0 Å². The zero-order valence-electron chi connectivity index (χ0n) is 7.17. The maximum Gasteiger partial charge on any atom is 0.135 e. The van der Waals surface area contributed by atoms with Crippen molar-refractivity contribution in [1.29, 1.82) is 0 Å². The summed E-state index contributed by atoms with van der Waals surface area (Å²) in [6.07, 6.45) is 1.94. The van der Waals surface area contributed by atoms with Crippen LogP contribution in [0.5, 0.6) is 0 Å². The molecule has 0 aliphatic rings. The molecule has 1 aromatic rings. The van der Waals surface area contributed by atoms with Crippen LogP contribution < -0.4 is 0 Å². The Bertz CT molecular complexity index is 293. The topological polar surface area (TPSA) is 34.9 Å². The molecule has 0 fully saturated rings. The van der Waals surface area contributed by atoms with Crippen LogP contribution in [0.25, 0.3) is 0 Å². The molecule has 1 aromatic heterocycles. The van der Waals surface area contributed by atoms with Gasteiger partial charge in [0.1, 0.15) is 5.78 Å².